The SMILES string of the molecule is OC1CCOCC1c1nc(CSc2ccccc2F)no1. The predicted molar refractivity (Wildman–Crippen MR) is 74.4 cm³/mol. The average molecular weight is 310 g/mol. The van der Waals surface area contributed by atoms with E-state index in [1.807, 2.05) is 0 Å². The molecule has 2 heterocycles. The molecule has 112 valence electrons. The van der Waals surface area contributed by atoms with Crippen LogP contribution in [0.5, 0.6) is 0 Å². The van der Waals surface area contributed by atoms with Gasteiger partial charge in [0, 0.05) is 11.5 Å². The molecule has 1 fully saturated rings. The first-order valence-electron chi connectivity index (χ1n) is 6.69. The van der Waals surface area contributed by atoms with Crippen LogP contribution in [0.3, 0.4) is 0 Å². The Morgan fingerprint density at radius 1 is 1.38 bits per heavy atom. The van der Waals surface area contributed by atoms with Crippen molar-refractivity contribution in [2.75, 3.05) is 13.2 Å². The molecular weight excluding hydrogens is 295 g/mol. The van der Waals surface area contributed by atoms with E-state index >= 15 is 0 Å². The summed E-state index contributed by atoms with van der Waals surface area (Å²) in [7, 11) is 0. The third-order valence-electron chi connectivity index (χ3n) is 3.31. The van der Waals surface area contributed by atoms with Crippen molar-refractivity contribution < 1.29 is 18.8 Å². The van der Waals surface area contributed by atoms with Crippen molar-refractivity contribution in [1.82, 2.24) is 10.1 Å². The van der Waals surface area contributed by atoms with Gasteiger partial charge in [-0.2, -0.15) is 4.98 Å². The molecule has 1 aromatic heterocycles. The van der Waals surface area contributed by atoms with E-state index < -0.39 is 6.10 Å². The van der Waals surface area contributed by atoms with Crippen LogP contribution in [0, 0.1) is 5.82 Å². The lowest BCUT2D eigenvalue weighted by Gasteiger charge is -2.24. The highest BCUT2D eigenvalue weighted by Crippen LogP contribution is 2.27. The van der Waals surface area contributed by atoms with Crippen molar-refractivity contribution in [3.05, 3.63) is 41.8 Å². The van der Waals surface area contributed by atoms with E-state index in [1.54, 1.807) is 18.2 Å². The summed E-state index contributed by atoms with van der Waals surface area (Å²) in [5.41, 5.74) is 0. The van der Waals surface area contributed by atoms with Gasteiger partial charge < -0.3 is 14.4 Å². The highest BCUT2D eigenvalue weighted by atomic mass is 32.2. The summed E-state index contributed by atoms with van der Waals surface area (Å²) in [6.45, 7) is 0.922. The number of aromatic nitrogens is 2. The first-order chi connectivity index (χ1) is 10.2. The van der Waals surface area contributed by atoms with Crippen LogP contribution in [0.25, 0.3) is 0 Å². The molecule has 0 bridgehead atoms. The number of nitrogens with zero attached hydrogens (tertiary/aromatic N) is 2. The summed E-state index contributed by atoms with van der Waals surface area (Å²) in [6.07, 6.45) is 0.0399. The zero-order valence-corrected chi connectivity index (χ0v) is 12.1. The summed E-state index contributed by atoms with van der Waals surface area (Å²) in [6, 6.07) is 6.55. The van der Waals surface area contributed by atoms with E-state index in [1.165, 1.54) is 17.8 Å². The normalized spacial score (nSPS) is 22.4. The second-order valence-corrected chi connectivity index (χ2v) is 5.82. The van der Waals surface area contributed by atoms with E-state index in [2.05, 4.69) is 10.1 Å². The standard InChI is InChI=1S/C14H15FN2O3S/c15-10-3-1-2-4-12(10)21-8-13-16-14(20-17-13)9-7-19-6-5-11(9)18/h1-4,9,11,18H,5-8H2. The molecule has 2 atom stereocenters. The van der Waals surface area contributed by atoms with Gasteiger partial charge in [0.15, 0.2) is 5.82 Å². The molecule has 2 unspecified atom stereocenters. The van der Waals surface area contributed by atoms with Crippen LogP contribution < -0.4 is 0 Å². The number of aliphatic hydroxyl groups excluding tert-OH is 1. The Bertz CT molecular complexity index is 607. The topological polar surface area (TPSA) is 68.4 Å². The largest absolute Gasteiger partial charge is 0.392 e. The molecule has 1 aliphatic heterocycles. The van der Waals surface area contributed by atoms with Gasteiger partial charge >= 0.3 is 0 Å². The first kappa shape index (κ1) is 14.5. The van der Waals surface area contributed by atoms with Crippen LogP contribution in [-0.2, 0) is 10.5 Å². The number of halogens is 1. The molecule has 0 aliphatic carbocycles. The maximum atomic E-state index is 13.5. The summed E-state index contributed by atoms with van der Waals surface area (Å²) in [5.74, 6) is 0.733. The van der Waals surface area contributed by atoms with Gasteiger partial charge in [0.05, 0.1) is 24.4 Å². The van der Waals surface area contributed by atoms with Gasteiger partial charge in [-0.25, -0.2) is 4.39 Å². The maximum Gasteiger partial charge on any atom is 0.234 e. The van der Waals surface area contributed by atoms with Crippen molar-refractivity contribution in [2.24, 2.45) is 0 Å². The summed E-state index contributed by atoms with van der Waals surface area (Å²) >= 11 is 1.31. The van der Waals surface area contributed by atoms with E-state index in [0.717, 1.165) is 0 Å². The van der Waals surface area contributed by atoms with Crippen LogP contribution in [0.2, 0.25) is 0 Å². The van der Waals surface area contributed by atoms with Gasteiger partial charge in [0.25, 0.3) is 0 Å². The molecule has 1 N–H and O–H groups in total. The van der Waals surface area contributed by atoms with Gasteiger partial charge in [-0.3, -0.25) is 0 Å². The van der Waals surface area contributed by atoms with Crippen LogP contribution in [0.1, 0.15) is 24.1 Å². The number of hydrogen-bond donors (Lipinski definition) is 1. The Labute approximate surface area is 125 Å². The van der Waals surface area contributed by atoms with Crippen LogP contribution in [-0.4, -0.2) is 34.6 Å². The van der Waals surface area contributed by atoms with Gasteiger partial charge in [-0.05, 0) is 18.6 Å². The van der Waals surface area contributed by atoms with E-state index in [-0.39, 0.29) is 11.7 Å². The maximum absolute atomic E-state index is 13.5. The van der Waals surface area contributed by atoms with Crippen LogP contribution >= 0.6 is 11.8 Å². The highest BCUT2D eigenvalue weighted by Gasteiger charge is 2.30. The fourth-order valence-corrected chi connectivity index (χ4v) is 2.93. The molecular formula is C14H15FN2O3S. The van der Waals surface area contributed by atoms with Gasteiger partial charge in [0.2, 0.25) is 5.89 Å². The first-order valence-corrected chi connectivity index (χ1v) is 7.68. The molecule has 0 amide bonds. The van der Waals surface area contributed by atoms with Crippen LogP contribution in [0.15, 0.2) is 33.7 Å². The lowest BCUT2D eigenvalue weighted by molar-refractivity contribution is -0.0149. The second-order valence-electron chi connectivity index (χ2n) is 4.81. The minimum absolute atomic E-state index is 0.262. The zero-order chi connectivity index (χ0) is 14.7. The van der Waals surface area contributed by atoms with E-state index in [0.29, 0.717) is 42.0 Å². The number of aliphatic hydroxyl groups is 1. The third kappa shape index (κ3) is 3.42. The molecule has 7 heteroatoms. The Morgan fingerprint density at radius 2 is 2.24 bits per heavy atom. The summed E-state index contributed by atoms with van der Waals surface area (Å²) < 4.78 is 24.0. The van der Waals surface area contributed by atoms with Crippen molar-refractivity contribution in [2.45, 2.75) is 29.1 Å². The third-order valence-corrected chi connectivity index (χ3v) is 4.36. The minimum atomic E-state index is -0.522. The molecule has 21 heavy (non-hydrogen) atoms. The Kier molecular flexibility index (Phi) is 4.52. The van der Waals surface area contributed by atoms with Gasteiger partial charge in [-0.1, -0.05) is 17.3 Å². The fraction of sp³-hybridized carbons (Fsp3) is 0.429. The molecule has 0 saturated carbocycles. The monoisotopic (exact) mass is 310 g/mol. The second kappa shape index (κ2) is 6.55. The minimum Gasteiger partial charge on any atom is -0.392 e. The molecule has 1 saturated heterocycles. The molecule has 2 aromatic rings. The number of benzene rings is 1. The summed E-state index contributed by atoms with van der Waals surface area (Å²) in [5, 5.41) is 13.8. The number of rotatable bonds is 4. The lowest BCUT2D eigenvalue weighted by atomic mass is 9.99. The highest BCUT2D eigenvalue weighted by molar-refractivity contribution is 7.98. The molecule has 1 aromatic carbocycles. The Hall–Kier alpha value is -1.44. The van der Waals surface area contributed by atoms with Gasteiger partial charge in [-0.15, -0.1) is 11.8 Å². The smallest absolute Gasteiger partial charge is 0.234 e. The fourth-order valence-electron chi connectivity index (χ4n) is 2.14. The van der Waals surface area contributed by atoms with Crippen LogP contribution in [0.4, 0.5) is 4.39 Å². The lowest BCUT2D eigenvalue weighted by Crippen LogP contribution is -2.30. The van der Waals surface area contributed by atoms with Crippen molar-refractivity contribution in [3.63, 3.8) is 0 Å². The van der Waals surface area contributed by atoms with E-state index in [4.69, 9.17) is 9.26 Å². The molecule has 0 spiro atoms. The molecule has 3 rings (SSSR count). The van der Waals surface area contributed by atoms with Crippen molar-refractivity contribution in [1.29, 1.82) is 0 Å². The molecule has 1 aliphatic rings. The van der Waals surface area contributed by atoms with Crippen molar-refractivity contribution >= 4 is 11.8 Å². The summed E-state index contributed by atoms with van der Waals surface area (Å²) in [4.78, 5) is 4.81. The van der Waals surface area contributed by atoms with Crippen molar-refractivity contribution in [3.8, 4) is 0 Å². The number of hydrogen-bond acceptors (Lipinski definition) is 6. The van der Waals surface area contributed by atoms with E-state index in [9.17, 15) is 9.50 Å². The predicted octanol–water partition coefficient (Wildman–Crippen LogP) is 2.37. The molecule has 0 radical (unpaired) electrons. The Balaban J connectivity index is 1.64. The quantitative estimate of drug-likeness (QED) is 0.874. The van der Waals surface area contributed by atoms with Gasteiger partial charge in [0.1, 0.15) is 5.82 Å². The number of ether oxygens (including phenoxy) is 1. The number of thioether (sulfide) groups is 1. The molecule has 5 nitrogen and oxygen atoms in total. The average Bonchev–Trinajstić information content (AvgIpc) is 2.96. The zero-order valence-electron chi connectivity index (χ0n) is 11.2. The Morgan fingerprint density at radius 3 is 3.05 bits per heavy atom.